The van der Waals surface area contributed by atoms with E-state index in [2.05, 4.69) is 22.2 Å². The van der Waals surface area contributed by atoms with Crippen molar-refractivity contribution in [1.82, 2.24) is 19.0 Å². The predicted molar refractivity (Wildman–Crippen MR) is 159 cm³/mol. The lowest BCUT2D eigenvalue weighted by Gasteiger charge is -2.26. The summed E-state index contributed by atoms with van der Waals surface area (Å²) in [5.41, 5.74) is 3.27. The number of amides is 1. The van der Waals surface area contributed by atoms with Crippen LogP contribution in [0.3, 0.4) is 0 Å². The molecule has 2 aromatic heterocycles. The minimum absolute atomic E-state index is 0.157. The number of unbranched alkanes of at least 4 members (excludes halogenated alkanes) is 1. The highest BCUT2D eigenvalue weighted by atomic mass is 32.2. The average Bonchev–Trinajstić information content (AvgIpc) is 3.46. The molecular weight excluding hydrogens is 546 g/mol. The maximum atomic E-state index is 13.8. The zero-order chi connectivity index (χ0) is 29.0. The van der Waals surface area contributed by atoms with Gasteiger partial charge in [-0.05, 0) is 75.5 Å². The third-order valence-electron chi connectivity index (χ3n) is 7.19. The third-order valence-corrected chi connectivity index (χ3v) is 10.3. The Morgan fingerprint density at radius 2 is 1.82 bits per heavy atom. The number of anilines is 1. The number of rotatable bonds is 11. The van der Waals surface area contributed by atoms with Gasteiger partial charge in [-0.25, -0.2) is 13.1 Å². The fourth-order valence-electron chi connectivity index (χ4n) is 5.10. The summed E-state index contributed by atoms with van der Waals surface area (Å²) in [7, 11) is -3.64. The predicted octanol–water partition coefficient (Wildman–Crippen LogP) is 5.08. The van der Waals surface area contributed by atoms with E-state index in [1.807, 2.05) is 33.8 Å². The maximum absolute atomic E-state index is 13.8. The summed E-state index contributed by atoms with van der Waals surface area (Å²) in [5.74, 6) is -0.649. The first-order chi connectivity index (χ1) is 19.1. The van der Waals surface area contributed by atoms with Crippen molar-refractivity contribution < 1.29 is 18.0 Å². The van der Waals surface area contributed by atoms with Gasteiger partial charge in [-0.1, -0.05) is 27.2 Å². The Labute approximate surface area is 241 Å². The van der Waals surface area contributed by atoms with Gasteiger partial charge in [0.2, 0.25) is 10.0 Å². The molecule has 4 rings (SSSR count). The molecule has 1 aliphatic heterocycles. The normalized spacial score (nSPS) is 13.9. The van der Waals surface area contributed by atoms with E-state index in [4.69, 9.17) is 0 Å². The highest BCUT2D eigenvalue weighted by Gasteiger charge is 2.30. The number of carbonyl (C=O) groups excluding carboxylic acids is 2. The molecule has 0 spiro atoms. The highest BCUT2D eigenvalue weighted by Crippen LogP contribution is 2.38. The number of benzene rings is 1. The van der Waals surface area contributed by atoms with Gasteiger partial charge in [-0.2, -0.15) is 9.40 Å². The summed E-state index contributed by atoms with van der Waals surface area (Å²) >= 11 is 1.43. The van der Waals surface area contributed by atoms with Crippen molar-refractivity contribution in [1.29, 1.82) is 0 Å². The molecule has 0 radical (unpaired) electrons. The van der Waals surface area contributed by atoms with Crippen LogP contribution in [0.1, 0.15) is 82.6 Å². The van der Waals surface area contributed by atoms with Crippen molar-refractivity contribution in [3.8, 4) is 0 Å². The van der Waals surface area contributed by atoms with Crippen LogP contribution in [-0.4, -0.2) is 65.4 Å². The molecule has 0 saturated heterocycles. The lowest BCUT2D eigenvalue weighted by atomic mass is 10.0. The van der Waals surface area contributed by atoms with Gasteiger partial charge in [-0.15, -0.1) is 11.3 Å². The summed E-state index contributed by atoms with van der Waals surface area (Å²) in [5, 5.41) is 7.86. The second-order valence-electron chi connectivity index (χ2n) is 10.2. The van der Waals surface area contributed by atoms with Gasteiger partial charge in [-0.3, -0.25) is 14.5 Å². The van der Waals surface area contributed by atoms with E-state index in [1.54, 1.807) is 0 Å². The number of thiophene rings is 1. The van der Waals surface area contributed by atoms with Gasteiger partial charge in [0.1, 0.15) is 5.00 Å². The lowest BCUT2D eigenvalue weighted by molar-refractivity contribution is 0.0942. The van der Waals surface area contributed by atoms with Crippen LogP contribution >= 0.6 is 11.3 Å². The number of nitrogens with one attached hydrogen (secondary N) is 1. The molecule has 1 aromatic carbocycles. The number of sulfonamides is 1. The highest BCUT2D eigenvalue weighted by molar-refractivity contribution is 7.89. The smallest absolute Gasteiger partial charge is 0.281 e. The molecule has 0 saturated carbocycles. The van der Waals surface area contributed by atoms with E-state index in [1.165, 1.54) is 44.6 Å². The molecule has 9 nitrogen and oxygen atoms in total. The topological polar surface area (TPSA) is 105 Å². The molecule has 40 heavy (non-hydrogen) atoms. The quantitative estimate of drug-likeness (QED) is 0.337. The number of nitrogens with zero attached hydrogens (tertiary/aromatic N) is 4. The molecular formula is C29H39N5O4S2. The molecule has 0 bridgehead atoms. The van der Waals surface area contributed by atoms with Gasteiger partial charge >= 0.3 is 0 Å². The molecule has 3 aromatic rings. The van der Waals surface area contributed by atoms with Crippen molar-refractivity contribution >= 4 is 38.2 Å². The monoisotopic (exact) mass is 585 g/mol. The first-order valence-electron chi connectivity index (χ1n) is 14.0. The van der Waals surface area contributed by atoms with Gasteiger partial charge in [0.15, 0.2) is 0 Å². The summed E-state index contributed by atoms with van der Waals surface area (Å²) in [6.45, 7) is 13.1. The van der Waals surface area contributed by atoms with E-state index in [-0.39, 0.29) is 10.8 Å². The van der Waals surface area contributed by atoms with Crippen LogP contribution in [-0.2, 0) is 23.0 Å². The van der Waals surface area contributed by atoms with Gasteiger partial charge in [0.25, 0.3) is 11.8 Å². The van der Waals surface area contributed by atoms with Gasteiger partial charge in [0.05, 0.1) is 16.2 Å². The third kappa shape index (κ3) is 6.22. The van der Waals surface area contributed by atoms with E-state index < -0.39 is 15.9 Å². The van der Waals surface area contributed by atoms with Crippen LogP contribution in [0.15, 0.2) is 35.2 Å². The Hall–Kier alpha value is -2.86. The van der Waals surface area contributed by atoms with Crippen molar-refractivity contribution in [3.05, 3.63) is 63.3 Å². The molecule has 0 fully saturated rings. The lowest BCUT2D eigenvalue weighted by Crippen LogP contribution is -2.31. The van der Waals surface area contributed by atoms with Crippen molar-refractivity contribution in [2.24, 2.45) is 0 Å². The largest absolute Gasteiger partial charge is 0.313 e. The van der Waals surface area contributed by atoms with Gasteiger partial charge < -0.3 is 5.32 Å². The van der Waals surface area contributed by atoms with Crippen LogP contribution in [0.2, 0.25) is 0 Å². The molecule has 216 valence electrons. The summed E-state index contributed by atoms with van der Waals surface area (Å²) < 4.78 is 29.0. The zero-order valence-corrected chi connectivity index (χ0v) is 25.6. The fraction of sp³-hybridized carbons (Fsp3) is 0.483. The first-order valence-corrected chi connectivity index (χ1v) is 16.2. The number of hydrogen-bond acceptors (Lipinski definition) is 7. The minimum atomic E-state index is -3.64. The Balaban J connectivity index is 1.63. The Kier molecular flexibility index (Phi) is 9.60. The van der Waals surface area contributed by atoms with E-state index >= 15 is 0 Å². The molecule has 3 heterocycles. The second kappa shape index (κ2) is 12.8. The number of hydrogen-bond donors (Lipinski definition) is 1. The van der Waals surface area contributed by atoms with Crippen molar-refractivity contribution in [2.45, 2.75) is 71.7 Å². The molecule has 1 amide bonds. The van der Waals surface area contributed by atoms with E-state index in [0.29, 0.717) is 29.2 Å². The summed E-state index contributed by atoms with van der Waals surface area (Å²) in [4.78, 5) is 30.7. The Bertz CT molecular complexity index is 1470. The van der Waals surface area contributed by atoms with Crippen LogP contribution < -0.4 is 5.32 Å². The first kappa shape index (κ1) is 30.1. The van der Waals surface area contributed by atoms with Crippen molar-refractivity contribution in [3.63, 3.8) is 0 Å². The van der Waals surface area contributed by atoms with Crippen molar-refractivity contribution in [2.75, 3.05) is 31.5 Å². The van der Waals surface area contributed by atoms with E-state index in [0.717, 1.165) is 67.1 Å². The second-order valence-corrected chi connectivity index (χ2v) is 13.2. The molecule has 1 N–H and O–H groups in total. The molecule has 0 aliphatic carbocycles. The fourth-order valence-corrected chi connectivity index (χ4v) is 7.87. The molecule has 1 aliphatic rings. The summed E-state index contributed by atoms with van der Waals surface area (Å²) in [6.07, 6.45) is 3.45. The van der Waals surface area contributed by atoms with Crippen LogP contribution in [0, 0.1) is 13.8 Å². The molecule has 0 unspecified atom stereocenters. The van der Waals surface area contributed by atoms with Crippen LogP contribution in [0.5, 0.6) is 0 Å². The Morgan fingerprint density at radius 3 is 2.42 bits per heavy atom. The van der Waals surface area contributed by atoms with Crippen LogP contribution in [0.4, 0.5) is 5.00 Å². The maximum Gasteiger partial charge on any atom is 0.281 e. The summed E-state index contributed by atoms with van der Waals surface area (Å²) in [6, 6.07) is 7.85. The molecule has 11 heteroatoms. The minimum Gasteiger partial charge on any atom is -0.313 e. The number of aromatic nitrogens is 2. The molecule has 0 atom stereocenters. The standard InChI is InChI=1S/C29H39N5O4S2/c1-6-9-16-33(8-3)40(37,38)23-12-10-22(11-13-23)27(35)30-28-26(29(36)34-21(5)18-20(4)31-34)24-14-17-32(15-7-2)19-25(24)39-28/h10-13,18H,6-9,14-17,19H2,1-5H3,(H,30,35). The van der Waals surface area contributed by atoms with Crippen LogP contribution in [0.25, 0.3) is 0 Å². The number of aryl methyl sites for hydroxylation is 2. The van der Waals surface area contributed by atoms with Gasteiger partial charge in [0, 0.05) is 42.3 Å². The average molecular weight is 586 g/mol. The SMILES string of the molecule is CCCCN(CC)S(=O)(=O)c1ccc(C(=O)Nc2sc3c(c2C(=O)n2nc(C)cc2C)CCN(CCC)C3)cc1. The number of carbonyl (C=O) groups is 2. The Morgan fingerprint density at radius 1 is 1.10 bits per heavy atom. The zero-order valence-electron chi connectivity index (χ0n) is 24.0. The van der Waals surface area contributed by atoms with E-state index in [9.17, 15) is 18.0 Å². The number of fused-ring (bicyclic) bond motifs is 1.